The van der Waals surface area contributed by atoms with E-state index in [9.17, 15) is 0 Å². The van der Waals surface area contributed by atoms with Crippen LogP contribution >= 0.6 is 0 Å². The van der Waals surface area contributed by atoms with E-state index in [1.807, 2.05) is 0 Å². The van der Waals surface area contributed by atoms with Gasteiger partial charge in [0.2, 0.25) is 0 Å². The predicted octanol–water partition coefficient (Wildman–Crippen LogP) is 1.88. The third-order valence-corrected chi connectivity index (χ3v) is 3.43. The highest BCUT2D eigenvalue weighted by Gasteiger charge is 2.25. The molecule has 2 atom stereocenters. The lowest BCUT2D eigenvalue weighted by Gasteiger charge is -2.32. The van der Waals surface area contributed by atoms with Crippen molar-refractivity contribution in [2.45, 2.75) is 51.5 Å². The molecule has 78 valence electrons. The van der Waals surface area contributed by atoms with Crippen molar-refractivity contribution < 1.29 is 0 Å². The first-order valence-corrected chi connectivity index (χ1v) is 5.71. The third kappa shape index (κ3) is 3.28. The molecule has 2 heteroatoms. The fourth-order valence-electron chi connectivity index (χ4n) is 2.68. The standard InChI is InChI=1S/C11H24N2/c1-9(13)11(7-8-12)10-5-3-2-4-6-10/h9-11H,2-8,12-13H2,1H3. The predicted molar refractivity (Wildman–Crippen MR) is 57.4 cm³/mol. The summed E-state index contributed by atoms with van der Waals surface area (Å²) in [6.45, 7) is 2.93. The highest BCUT2D eigenvalue weighted by molar-refractivity contribution is 4.79. The summed E-state index contributed by atoms with van der Waals surface area (Å²) < 4.78 is 0. The van der Waals surface area contributed by atoms with Crippen molar-refractivity contribution in [3.63, 3.8) is 0 Å². The van der Waals surface area contributed by atoms with E-state index in [0.717, 1.165) is 18.9 Å². The van der Waals surface area contributed by atoms with E-state index in [2.05, 4.69) is 6.92 Å². The number of rotatable bonds is 4. The summed E-state index contributed by atoms with van der Waals surface area (Å²) in [5.41, 5.74) is 11.6. The van der Waals surface area contributed by atoms with Crippen LogP contribution in [0, 0.1) is 11.8 Å². The van der Waals surface area contributed by atoms with Crippen molar-refractivity contribution in [3.8, 4) is 0 Å². The zero-order valence-corrected chi connectivity index (χ0v) is 8.84. The van der Waals surface area contributed by atoms with Crippen LogP contribution in [-0.4, -0.2) is 12.6 Å². The Hall–Kier alpha value is -0.0800. The summed E-state index contributed by atoms with van der Waals surface area (Å²) in [6, 6.07) is 0.326. The SMILES string of the molecule is CC(N)C(CCN)C1CCCCC1. The summed E-state index contributed by atoms with van der Waals surface area (Å²) in [6.07, 6.45) is 8.10. The topological polar surface area (TPSA) is 52.0 Å². The molecule has 0 aromatic carbocycles. The van der Waals surface area contributed by atoms with Crippen molar-refractivity contribution in [2.24, 2.45) is 23.3 Å². The van der Waals surface area contributed by atoms with Gasteiger partial charge in [0.15, 0.2) is 0 Å². The number of hydrogen-bond acceptors (Lipinski definition) is 2. The van der Waals surface area contributed by atoms with E-state index in [1.165, 1.54) is 32.1 Å². The smallest absolute Gasteiger partial charge is 0.00418 e. The fraction of sp³-hybridized carbons (Fsp3) is 1.00. The van der Waals surface area contributed by atoms with Crippen LogP contribution in [0.15, 0.2) is 0 Å². The van der Waals surface area contributed by atoms with Gasteiger partial charge in [-0.25, -0.2) is 0 Å². The molecule has 1 aliphatic rings. The zero-order chi connectivity index (χ0) is 9.68. The van der Waals surface area contributed by atoms with E-state index in [4.69, 9.17) is 11.5 Å². The fourth-order valence-corrected chi connectivity index (χ4v) is 2.68. The van der Waals surface area contributed by atoms with E-state index >= 15 is 0 Å². The Morgan fingerprint density at radius 3 is 2.31 bits per heavy atom. The maximum Gasteiger partial charge on any atom is 0.00418 e. The van der Waals surface area contributed by atoms with Crippen LogP contribution < -0.4 is 11.5 Å². The monoisotopic (exact) mass is 184 g/mol. The zero-order valence-electron chi connectivity index (χ0n) is 8.84. The molecule has 0 aliphatic heterocycles. The maximum atomic E-state index is 6.00. The third-order valence-electron chi connectivity index (χ3n) is 3.43. The van der Waals surface area contributed by atoms with Gasteiger partial charge in [-0.3, -0.25) is 0 Å². The molecular formula is C11H24N2. The molecule has 13 heavy (non-hydrogen) atoms. The summed E-state index contributed by atoms with van der Waals surface area (Å²) in [7, 11) is 0. The van der Waals surface area contributed by atoms with Gasteiger partial charge in [-0.15, -0.1) is 0 Å². The normalized spacial score (nSPS) is 24.2. The summed E-state index contributed by atoms with van der Waals surface area (Å²) in [5, 5.41) is 0. The second kappa shape index (κ2) is 5.61. The van der Waals surface area contributed by atoms with Gasteiger partial charge in [-0.05, 0) is 31.7 Å². The lowest BCUT2D eigenvalue weighted by atomic mass is 9.76. The van der Waals surface area contributed by atoms with Crippen LogP contribution in [0.4, 0.5) is 0 Å². The molecule has 0 heterocycles. The van der Waals surface area contributed by atoms with E-state index in [-0.39, 0.29) is 0 Å². The van der Waals surface area contributed by atoms with E-state index in [1.54, 1.807) is 0 Å². The Morgan fingerprint density at radius 1 is 1.23 bits per heavy atom. The van der Waals surface area contributed by atoms with Crippen molar-refractivity contribution in [3.05, 3.63) is 0 Å². The first-order valence-electron chi connectivity index (χ1n) is 5.71. The maximum absolute atomic E-state index is 6.00. The average molecular weight is 184 g/mol. The van der Waals surface area contributed by atoms with Crippen LogP contribution in [0.3, 0.4) is 0 Å². The molecule has 0 amide bonds. The van der Waals surface area contributed by atoms with Crippen molar-refractivity contribution in [1.29, 1.82) is 0 Å². The van der Waals surface area contributed by atoms with E-state index < -0.39 is 0 Å². The molecule has 4 N–H and O–H groups in total. The van der Waals surface area contributed by atoms with Gasteiger partial charge in [0.05, 0.1) is 0 Å². The molecule has 0 saturated heterocycles. The Balaban J connectivity index is 2.41. The molecule has 0 aromatic rings. The Kier molecular flexibility index (Phi) is 4.74. The number of hydrogen-bond donors (Lipinski definition) is 2. The summed E-state index contributed by atoms with van der Waals surface area (Å²) in [4.78, 5) is 0. The molecule has 0 spiro atoms. The van der Waals surface area contributed by atoms with Crippen molar-refractivity contribution in [1.82, 2.24) is 0 Å². The summed E-state index contributed by atoms with van der Waals surface area (Å²) >= 11 is 0. The van der Waals surface area contributed by atoms with Gasteiger partial charge in [-0.2, -0.15) is 0 Å². The minimum Gasteiger partial charge on any atom is -0.330 e. The minimum absolute atomic E-state index is 0.326. The average Bonchev–Trinajstić information content (AvgIpc) is 2.15. The minimum atomic E-state index is 0.326. The Morgan fingerprint density at radius 2 is 1.85 bits per heavy atom. The molecule has 1 rings (SSSR count). The Bertz CT molecular complexity index is 128. The lowest BCUT2D eigenvalue weighted by Crippen LogP contribution is -2.35. The highest BCUT2D eigenvalue weighted by Crippen LogP contribution is 2.32. The first kappa shape index (κ1) is 11.0. The quantitative estimate of drug-likeness (QED) is 0.701. The highest BCUT2D eigenvalue weighted by atomic mass is 14.7. The molecule has 0 radical (unpaired) electrons. The van der Waals surface area contributed by atoms with Gasteiger partial charge < -0.3 is 11.5 Å². The molecule has 2 nitrogen and oxygen atoms in total. The van der Waals surface area contributed by atoms with Crippen LogP contribution in [0.5, 0.6) is 0 Å². The Labute approximate surface area is 82.1 Å². The molecule has 1 aliphatic carbocycles. The van der Waals surface area contributed by atoms with Crippen molar-refractivity contribution in [2.75, 3.05) is 6.54 Å². The van der Waals surface area contributed by atoms with Gasteiger partial charge in [0, 0.05) is 6.04 Å². The molecular weight excluding hydrogens is 160 g/mol. The van der Waals surface area contributed by atoms with Gasteiger partial charge >= 0.3 is 0 Å². The largest absolute Gasteiger partial charge is 0.330 e. The van der Waals surface area contributed by atoms with Crippen LogP contribution in [0.2, 0.25) is 0 Å². The lowest BCUT2D eigenvalue weighted by molar-refractivity contribution is 0.213. The molecule has 0 aromatic heterocycles. The van der Waals surface area contributed by atoms with Gasteiger partial charge in [0.1, 0.15) is 0 Å². The summed E-state index contributed by atoms with van der Waals surface area (Å²) in [5.74, 6) is 1.53. The van der Waals surface area contributed by atoms with Crippen LogP contribution in [-0.2, 0) is 0 Å². The molecule has 2 unspecified atom stereocenters. The number of nitrogens with two attached hydrogens (primary N) is 2. The van der Waals surface area contributed by atoms with Crippen molar-refractivity contribution >= 4 is 0 Å². The molecule has 1 saturated carbocycles. The van der Waals surface area contributed by atoms with Gasteiger partial charge in [0.25, 0.3) is 0 Å². The first-order chi connectivity index (χ1) is 6.25. The molecule has 0 bridgehead atoms. The second-order valence-electron chi connectivity index (χ2n) is 4.50. The van der Waals surface area contributed by atoms with Gasteiger partial charge in [-0.1, -0.05) is 32.1 Å². The van der Waals surface area contributed by atoms with E-state index in [0.29, 0.717) is 12.0 Å². The van der Waals surface area contributed by atoms with Crippen LogP contribution in [0.1, 0.15) is 45.4 Å². The van der Waals surface area contributed by atoms with Crippen LogP contribution in [0.25, 0.3) is 0 Å². The second-order valence-corrected chi connectivity index (χ2v) is 4.50. The molecule has 1 fully saturated rings.